The zero-order valence-corrected chi connectivity index (χ0v) is 8.71. The fourth-order valence-electron chi connectivity index (χ4n) is 1.48. The SMILES string of the molecule is CCN(C)C(=O)N1CCNCC1C. The average molecular weight is 185 g/mol. The second-order valence-corrected chi connectivity index (χ2v) is 3.54. The maximum absolute atomic E-state index is 11.8. The van der Waals surface area contributed by atoms with Gasteiger partial charge in [-0.15, -0.1) is 0 Å². The van der Waals surface area contributed by atoms with Crippen molar-refractivity contribution in [3.05, 3.63) is 0 Å². The minimum Gasteiger partial charge on any atom is -0.328 e. The molecule has 76 valence electrons. The molecule has 13 heavy (non-hydrogen) atoms. The van der Waals surface area contributed by atoms with E-state index in [1.807, 2.05) is 18.9 Å². The number of rotatable bonds is 1. The Morgan fingerprint density at radius 2 is 2.38 bits per heavy atom. The molecule has 0 bridgehead atoms. The van der Waals surface area contributed by atoms with Crippen molar-refractivity contribution in [2.24, 2.45) is 0 Å². The third-order valence-corrected chi connectivity index (χ3v) is 2.55. The summed E-state index contributed by atoms with van der Waals surface area (Å²) in [6, 6.07) is 0.465. The molecule has 1 unspecified atom stereocenters. The van der Waals surface area contributed by atoms with Gasteiger partial charge in [0.15, 0.2) is 0 Å². The number of hydrogen-bond donors (Lipinski definition) is 1. The summed E-state index contributed by atoms with van der Waals surface area (Å²) in [4.78, 5) is 15.4. The second kappa shape index (κ2) is 4.46. The van der Waals surface area contributed by atoms with Crippen LogP contribution < -0.4 is 5.32 Å². The van der Waals surface area contributed by atoms with Crippen LogP contribution in [0.5, 0.6) is 0 Å². The van der Waals surface area contributed by atoms with Crippen molar-refractivity contribution in [1.29, 1.82) is 0 Å². The molecule has 1 saturated heterocycles. The molecule has 0 spiro atoms. The van der Waals surface area contributed by atoms with Gasteiger partial charge >= 0.3 is 6.03 Å². The lowest BCUT2D eigenvalue weighted by atomic mass is 10.2. The molecular weight excluding hydrogens is 166 g/mol. The first-order chi connectivity index (χ1) is 6.16. The highest BCUT2D eigenvalue weighted by Crippen LogP contribution is 2.05. The maximum atomic E-state index is 11.8. The molecule has 1 atom stereocenters. The van der Waals surface area contributed by atoms with Crippen molar-refractivity contribution in [3.8, 4) is 0 Å². The number of carbonyl (C=O) groups excluding carboxylic acids is 1. The quantitative estimate of drug-likeness (QED) is 0.640. The monoisotopic (exact) mass is 185 g/mol. The lowest BCUT2D eigenvalue weighted by Crippen LogP contribution is -2.55. The third kappa shape index (κ3) is 2.34. The Hall–Kier alpha value is -0.770. The van der Waals surface area contributed by atoms with Gasteiger partial charge in [-0.3, -0.25) is 0 Å². The number of piperazine rings is 1. The van der Waals surface area contributed by atoms with Crippen molar-refractivity contribution in [1.82, 2.24) is 15.1 Å². The fourth-order valence-corrected chi connectivity index (χ4v) is 1.48. The second-order valence-electron chi connectivity index (χ2n) is 3.54. The molecule has 0 aromatic heterocycles. The smallest absolute Gasteiger partial charge is 0.320 e. The van der Waals surface area contributed by atoms with Crippen LogP contribution in [-0.2, 0) is 0 Å². The first-order valence-electron chi connectivity index (χ1n) is 4.89. The lowest BCUT2D eigenvalue weighted by Gasteiger charge is -2.36. The minimum atomic E-state index is 0.150. The van der Waals surface area contributed by atoms with Crippen molar-refractivity contribution in [2.45, 2.75) is 19.9 Å². The molecule has 1 N–H and O–H groups in total. The van der Waals surface area contributed by atoms with E-state index in [1.54, 1.807) is 4.90 Å². The molecule has 1 aliphatic rings. The molecule has 0 saturated carbocycles. The summed E-state index contributed by atoms with van der Waals surface area (Å²) in [5, 5.41) is 3.26. The van der Waals surface area contributed by atoms with Crippen LogP contribution in [0.15, 0.2) is 0 Å². The van der Waals surface area contributed by atoms with E-state index in [0.717, 1.165) is 26.2 Å². The zero-order chi connectivity index (χ0) is 9.84. The zero-order valence-electron chi connectivity index (χ0n) is 8.71. The van der Waals surface area contributed by atoms with Crippen molar-refractivity contribution < 1.29 is 4.79 Å². The van der Waals surface area contributed by atoms with Crippen LogP contribution in [-0.4, -0.2) is 55.1 Å². The van der Waals surface area contributed by atoms with Crippen molar-refractivity contribution in [3.63, 3.8) is 0 Å². The van der Waals surface area contributed by atoms with E-state index in [2.05, 4.69) is 12.2 Å². The van der Waals surface area contributed by atoms with Gasteiger partial charge in [0.1, 0.15) is 0 Å². The normalized spacial score (nSPS) is 23.0. The molecule has 4 heteroatoms. The average Bonchev–Trinajstić information content (AvgIpc) is 2.16. The lowest BCUT2D eigenvalue weighted by molar-refractivity contribution is 0.135. The molecule has 1 rings (SSSR count). The van der Waals surface area contributed by atoms with Crippen LogP contribution in [0.2, 0.25) is 0 Å². The molecule has 4 nitrogen and oxygen atoms in total. The van der Waals surface area contributed by atoms with Gasteiger partial charge in [-0.2, -0.15) is 0 Å². The minimum absolute atomic E-state index is 0.150. The van der Waals surface area contributed by atoms with E-state index in [9.17, 15) is 4.79 Å². The van der Waals surface area contributed by atoms with Gasteiger partial charge in [-0.1, -0.05) is 0 Å². The molecule has 1 fully saturated rings. The molecule has 2 amide bonds. The Morgan fingerprint density at radius 3 is 2.92 bits per heavy atom. The number of carbonyl (C=O) groups is 1. The van der Waals surface area contributed by atoms with Crippen LogP contribution in [0.3, 0.4) is 0 Å². The van der Waals surface area contributed by atoms with Gasteiger partial charge in [-0.05, 0) is 13.8 Å². The molecule has 1 aliphatic heterocycles. The van der Waals surface area contributed by atoms with Gasteiger partial charge < -0.3 is 15.1 Å². The molecule has 0 aromatic carbocycles. The topological polar surface area (TPSA) is 35.6 Å². The molecule has 0 aromatic rings. The molecule has 0 radical (unpaired) electrons. The highest BCUT2D eigenvalue weighted by atomic mass is 16.2. The Morgan fingerprint density at radius 1 is 1.69 bits per heavy atom. The first-order valence-corrected chi connectivity index (χ1v) is 4.89. The number of nitrogens with one attached hydrogen (secondary N) is 1. The summed E-state index contributed by atoms with van der Waals surface area (Å²) in [5.74, 6) is 0. The summed E-state index contributed by atoms with van der Waals surface area (Å²) in [5.41, 5.74) is 0. The summed E-state index contributed by atoms with van der Waals surface area (Å²) in [7, 11) is 1.84. The molecule has 0 aliphatic carbocycles. The number of hydrogen-bond acceptors (Lipinski definition) is 2. The predicted octanol–water partition coefficient (Wildman–Crippen LogP) is 0.352. The Kier molecular flexibility index (Phi) is 3.54. The summed E-state index contributed by atoms with van der Waals surface area (Å²) in [6.45, 7) is 7.48. The third-order valence-electron chi connectivity index (χ3n) is 2.55. The van der Waals surface area contributed by atoms with E-state index in [-0.39, 0.29) is 6.03 Å². The van der Waals surface area contributed by atoms with E-state index >= 15 is 0 Å². The van der Waals surface area contributed by atoms with Crippen molar-refractivity contribution >= 4 is 6.03 Å². The number of amides is 2. The number of nitrogens with zero attached hydrogens (tertiary/aromatic N) is 2. The van der Waals surface area contributed by atoms with Crippen LogP contribution in [0, 0.1) is 0 Å². The van der Waals surface area contributed by atoms with Gasteiger partial charge in [0.25, 0.3) is 0 Å². The van der Waals surface area contributed by atoms with Crippen LogP contribution in [0.4, 0.5) is 4.79 Å². The van der Waals surface area contributed by atoms with Gasteiger partial charge in [0.2, 0.25) is 0 Å². The maximum Gasteiger partial charge on any atom is 0.320 e. The summed E-state index contributed by atoms with van der Waals surface area (Å²) < 4.78 is 0. The standard InChI is InChI=1S/C9H19N3O/c1-4-11(3)9(13)12-6-5-10-7-8(12)2/h8,10H,4-7H2,1-3H3. The van der Waals surface area contributed by atoms with Gasteiger partial charge in [-0.25, -0.2) is 4.79 Å². The highest BCUT2D eigenvalue weighted by Gasteiger charge is 2.24. The summed E-state index contributed by atoms with van der Waals surface area (Å²) >= 11 is 0. The van der Waals surface area contributed by atoms with Crippen LogP contribution >= 0.6 is 0 Å². The Labute approximate surface area is 79.9 Å². The van der Waals surface area contributed by atoms with Crippen LogP contribution in [0.25, 0.3) is 0 Å². The Balaban J connectivity index is 2.53. The van der Waals surface area contributed by atoms with Crippen LogP contribution in [0.1, 0.15) is 13.8 Å². The number of urea groups is 1. The van der Waals surface area contributed by atoms with E-state index < -0.39 is 0 Å². The predicted molar refractivity (Wildman–Crippen MR) is 52.7 cm³/mol. The summed E-state index contributed by atoms with van der Waals surface area (Å²) in [6.07, 6.45) is 0. The molecule has 1 heterocycles. The van der Waals surface area contributed by atoms with E-state index in [0.29, 0.717) is 6.04 Å². The van der Waals surface area contributed by atoms with E-state index in [1.165, 1.54) is 0 Å². The fraction of sp³-hybridized carbons (Fsp3) is 0.889. The van der Waals surface area contributed by atoms with Gasteiger partial charge in [0, 0.05) is 39.3 Å². The Bertz CT molecular complexity index is 184. The van der Waals surface area contributed by atoms with Crippen molar-refractivity contribution in [2.75, 3.05) is 33.2 Å². The van der Waals surface area contributed by atoms with Gasteiger partial charge in [0.05, 0.1) is 0 Å². The largest absolute Gasteiger partial charge is 0.328 e. The van der Waals surface area contributed by atoms with E-state index in [4.69, 9.17) is 0 Å². The first kappa shape index (κ1) is 10.3. The molecular formula is C9H19N3O. The highest BCUT2D eigenvalue weighted by molar-refractivity contribution is 5.74.